The predicted molar refractivity (Wildman–Crippen MR) is 91.3 cm³/mol. The molecule has 0 bridgehead atoms. The van der Waals surface area contributed by atoms with E-state index in [1.165, 1.54) is 5.69 Å². The van der Waals surface area contributed by atoms with Crippen molar-refractivity contribution in [1.82, 2.24) is 5.32 Å². The van der Waals surface area contributed by atoms with Crippen molar-refractivity contribution in [2.75, 3.05) is 24.5 Å². The molecule has 138 valence electrons. The van der Waals surface area contributed by atoms with Gasteiger partial charge in [0.2, 0.25) is 5.91 Å². The maximum absolute atomic E-state index is 12.9. The number of nitrogens with one attached hydrogen (secondary N) is 1. The Balaban J connectivity index is 1.45. The molecule has 2 fully saturated rings. The molecular weight excluding hydrogens is 329 g/mol. The van der Waals surface area contributed by atoms with Crippen LogP contribution in [0.4, 0.5) is 18.9 Å². The van der Waals surface area contributed by atoms with E-state index < -0.39 is 18.0 Å². The second-order valence-electron chi connectivity index (χ2n) is 7.28. The predicted octanol–water partition coefficient (Wildman–Crippen LogP) is 4.00. The van der Waals surface area contributed by atoms with Gasteiger partial charge >= 0.3 is 6.18 Å². The van der Waals surface area contributed by atoms with Crippen molar-refractivity contribution in [3.05, 3.63) is 30.3 Å². The van der Waals surface area contributed by atoms with E-state index in [9.17, 15) is 18.0 Å². The molecule has 0 radical (unpaired) electrons. The zero-order valence-corrected chi connectivity index (χ0v) is 14.3. The number of carbonyl (C=O) groups excluding carboxylic acids is 1. The third-order valence-electron chi connectivity index (χ3n) is 5.48. The number of halogens is 3. The highest BCUT2D eigenvalue weighted by Crippen LogP contribution is 2.40. The van der Waals surface area contributed by atoms with E-state index in [1.54, 1.807) is 0 Å². The molecule has 1 aromatic rings. The van der Waals surface area contributed by atoms with Gasteiger partial charge in [0.05, 0.1) is 5.92 Å². The molecule has 3 atom stereocenters. The third-order valence-corrected chi connectivity index (χ3v) is 5.48. The molecule has 1 saturated heterocycles. The van der Waals surface area contributed by atoms with Crippen LogP contribution in [0.3, 0.4) is 0 Å². The van der Waals surface area contributed by atoms with Crippen molar-refractivity contribution >= 4 is 11.6 Å². The van der Waals surface area contributed by atoms with E-state index >= 15 is 0 Å². The molecule has 1 N–H and O–H groups in total. The fourth-order valence-corrected chi connectivity index (χ4v) is 3.99. The number of amides is 1. The second kappa shape index (κ2) is 7.67. The van der Waals surface area contributed by atoms with Gasteiger partial charge in [-0.25, -0.2) is 0 Å². The molecule has 0 spiro atoms. The molecule has 25 heavy (non-hydrogen) atoms. The molecule has 1 heterocycles. The Bertz CT molecular complexity index is 576. The van der Waals surface area contributed by atoms with E-state index in [4.69, 9.17) is 0 Å². The van der Waals surface area contributed by atoms with Gasteiger partial charge in [0, 0.05) is 31.2 Å². The first kappa shape index (κ1) is 18.1. The van der Waals surface area contributed by atoms with Gasteiger partial charge in [-0.2, -0.15) is 13.2 Å². The molecule has 0 unspecified atom stereocenters. The van der Waals surface area contributed by atoms with Crippen LogP contribution in [0.1, 0.15) is 32.1 Å². The minimum Gasteiger partial charge on any atom is -0.371 e. The summed E-state index contributed by atoms with van der Waals surface area (Å²) in [5, 5.41) is 2.91. The Hall–Kier alpha value is -1.72. The summed E-state index contributed by atoms with van der Waals surface area (Å²) in [6.45, 7) is 2.37. The summed E-state index contributed by atoms with van der Waals surface area (Å²) in [5.41, 5.74) is 1.18. The van der Waals surface area contributed by atoms with Gasteiger partial charge in [-0.15, -0.1) is 0 Å². The SMILES string of the molecule is O=C(NC[C@@H]1CCN(c2ccccc2)C1)[C@H]1CCC[C@H](C(F)(F)F)C1. The number of carbonyl (C=O) groups is 1. The van der Waals surface area contributed by atoms with Crippen LogP contribution in [-0.4, -0.2) is 31.7 Å². The fraction of sp³-hybridized carbons (Fsp3) is 0.632. The first-order valence-electron chi connectivity index (χ1n) is 9.08. The number of nitrogens with zero attached hydrogens (tertiary/aromatic N) is 1. The van der Waals surface area contributed by atoms with Crippen LogP contribution in [-0.2, 0) is 4.79 Å². The number of alkyl halides is 3. The van der Waals surface area contributed by atoms with Crippen LogP contribution in [0.2, 0.25) is 0 Å². The Kier molecular flexibility index (Phi) is 5.54. The lowest BCUT2D eigenvalue weighted by Gasteiger charge is -2.30. The highest BCUT2D eigenvalue weighted by Gasteiger charge is 2.43. The molecule has 3 rings (SSSR count). The number of rotatable bonds is 4. The molecule has 1 aliphatic heterocycles. The lowest BCUT2D eigenvalue weighted by atomic mass is 9.80. The summed E-state index contributed by atoms with van der Waals surface area (Å²) >= 11 is 0. The largest absolute Gasteiger partial charge is 0.391 e. The monoisotopic (exact) mass is 354 g/mol. The van der Waals surface area contributed by atoms with Crippen molar-refractivity contribution in [2.24, 2.45) is 17.8 Å². The van der Waals surface area contributed by atoms with Crippen molar-refractivity contribution in [3.63, 3.8) is 0 Å². The Morgan fingerprint density at radius 1 is 1.16 bits per heavy atom. The lowest BCUT2D eigenvalue weighted by Crippen LogP contribution is -2.39. The zero-order valence-electron chi connectivity index (χ0n) is 14.3. The standard InChI is InChI=1S/C19H25F3N2O/c20-19(21,22)16-6-4-5-15(11-16)18(25)23-12-14-9-10-24(13-14)17-7-2-1-3-8-17/h1-3,7-8,14-16H,4-6,9-13H2,(H,23,25)/t14-,15-,16-/m0/s1. The highest BCUT2D eigenvalue weighted by atomic mass is 19.4. The van der Waals surface area contributed by atoms with Crippen molar-refractivity contribution < 1.29 is 18.0 Å². The number of para-hydroxylation sites is 1. The Morgan fingerprint density at radius 3 is 2.64 bits per heavy atom. The van der Waals surface area contributed by atoms with Gasteiger partial charge in [0.1, 0.15) is 0 Å². The number of hydrogen-bond donors (Lipinski definition) is 1. The smallest absolute Gasteiger partial charge is 0.371 e. The van der Waals surface area contributed by atoms with E-state index in [0.717, 1.165) is 19.5 Å². The fourth-order valence-electron chi connectivity index (χ4n) is 3.99. The first-order valence-corrected chi connectivity index (χ1v) is 9.08. The average Bonchev–Trinajstić information content (AvgIpc) is 3.09. The van der Waals surface area contributed by atoms with Gasteiger partial charge < -0.3 is 10.2 Å². The maximum Gasteiger partial charge on any atom is 0.391 e. The van der Waals surface area contributed by atoms with E-state index in [2.05, 4.69) is 22.3 Å². The van der Waals surface area contributed by atoms with Crippen LogP contribution in [0.25, 0.3) is 0 Å². The van der Waals surface area contributed by atoms with Gasteiger partial charge in [0.25, 0.3) is 0 Å². The van der Waals surface area contributed by atoms with Gasteiger partial charge in [0.15, 0.2) is 0 Å². The average molecular weight is 354 g/mol. The minimum atomic E-state index is -4.18. The van der Waals surface area contributed by atoms with Gasteiger partial charge in [-0.1, -0.05) is 24.6 Å². The zero-order chi connectivity index (χ0) is 17.9. The summed E-state index contributed by atoms with van der Waals surface area (Å²) in [5.74, 6) is -1.66. The van der Waals surface area contributed by atoms with E-state index in [-0.39, 0.29) is 18.7 Å². The van der Waals surface area contributed by atoms with Crippen LogP contribution >= 0.6 is 0 Å². The molecule has 1 amide bonds. The quantitative estimate of drug-likeness (QED) is 0.886. The summed E-state index contributed by atoms with van der Waals surface area (Å²) in [6, 6.07) is 10.1. The number of benzene rings is 1. The third kappa shape index (κ3) is 4.67. The minimum absolute atomic E-state index is 0.0594. The first-order chi connectivity index (χ1) is 11.9. The summed E-state index contributed by atoms with van der Waals surface area (Å²) in [6.07, 6.45) is -2.05. The van der Waals surface area contributed by atoms with Gasteiger partial charge in [-0.3, -0.25) is 4.79 Å². The summed E-state index contributed by atoms with van der Waals surface area (Å²) in [4.78, 5) is 14.6. The molecule has 1 saturated carbocycles. The van der Waals surface area contributed by atoms with E-state index in [0.29, 0.717) is 25.3 Å². The second-order valence-corrected chi connectivity index (χ2v) is 7.28. The molecule has 2 aliphatic rings. The van der Waals surface area contributed by atoms with Crippen molar-refractivity contribution in [2.45, 2.75) is 38.3 Å². The number of hydrogen-bond acceptors (Lipinski definition) is 2. The summed E-state index contributed by atoms with van der Waals surface area (Å²) < 4.78 is 38.6. The molecule has 1 aliphatic carbocycles. The topological polar surface area (TPSA) is 32.3 Å². The summed E-state index contributed by atoms with van der Waals surface area (Å²) in [7, 11) is 0. The molecule has 1 aromatic carbocycles. The van der Waals surface area contributed by atoms with Crippen LogP contribution in [0, 0.1) is 17.8 Å². The molecule has 3 nitrogen and oxygen atoms in total. The Labute approximate surface area is 146 Å². The Morgan fingerprint density at radius 2 is 1.92 bits per heavy atom. The van der Waals surface area contributed by atoms with Crippen molar-refractivity contribution in [1.29, 1.82) is 0 Å². The molecule has 0 aromatic heterocycles. The van der Waals surface area contributed by atoms with Crippen LogP contribution in [0.5, 0.6) is 0 Å². The highest BCUT2D eigenvalue weighted by molar-refractivity contribution is 5.78. The molecular formula is C19H25F3N2O. The van der Waals surface area contributed by atoms with E-state index in [1.807, 2.05) is 18.2 Å². The van der Waals surface area contributed by atoms with Gasteiger partial charge in [-0.05, 0) is 43.7 Å². The number of anilines is 1. The van der Waals surface area contributed by atoms with Crippen LogP contribution in [0.15, 0.2) is 30.3 Å². The van der Waals surface area contributed by atoms with Crippen molar-refractivity contribution in [3.8, 4) is 0 Å². The maximum atomic E-state index is 12.9. The normalized spacial score (nSPS) is 27.3. The molecule has 6 heteroatoms. The van der Waals surface area contributed by atoms with Crippen LogP contribution < -0.4 is 10.2 Å². The lowest BCUT2D eigenvalue weighted by molar-refractivity contribution is -0.186.